The second kappa shape index (κ2) is 4.79. The molecule has 2 rings (SSSR count). The van der Waals surface area contributed by atoms with Crippen LogP contribution in [0.2, 0.25) is 0 Å². The van der Waals surface area contributed by atoms with Gasteiger partial charge in [-0.05, 0) is 30.7 Å². The molecule has 1 N–H and O–H groups in total. The van der Waals surface area contributed by atoms with Gasteiger partial charge in [0.05, 0.1) is 5.69 Å². The predicted molar refractivity (Wildman–Crippen MR) is 64.4 cm³/mol. The molecule has 0 saturated carbocycles. The van der Waals surface area contributed by atoms with Gasteiger partial charge >= 0.3 is 0 Å². The third kappa shape index (κ3) is 2.82. The van der Waals surface area contributed by atoms with Crippen molar-refractivity contribution < 1.29 is 0 Å². The van der Waals surface area contributed by atoms with Gasteiger partial charge in [-0.1, -0.05) is 0 Å². The third-order valence-corrected chi connectivity index (χ3v) is 2.37. The lowest BCUT2D eigenvalue weighted by Gasteiger charge is -2.04. The largest absolute Gasteiger partial charge is 0.370 e. The van der Waals surface area contributed by atoms with Gasteiger partial charge in [0.15, 0.2) is 0 Å². The molecule has 0 aliphatic rings. The Morgan fingerprint density at radius 2 is 2.25 bits per heavy atom. The molecule has 0 aromatic carbocycles. The summed E-state index contributed by atoms with van der Waals surface area (Å²) in [5.74, 6) is 0.927. The SMILES string of the molecule is Cc1ccnc(NCCc2ccn(C)n2)c1. The lowest BCUT2D eigenvalue weighted by atomic mass is 10.3. The molecule has 2 heterocycles. The van der Waals surface area contributed by atoms with Crippen molar-refractivity contribution in [2.24, 2.45) is 7.05 Å². The summed E-state index contributed by atoms with van der Waals surface area (Å²) in [6.45, 7) is 2.92. The van der Waals surface area contributed by atoms with E-state index in [2.05, 4.69) is 22.3 Å². The molecule has 4 nitrogen and oxygen atoms in total. The minimum atomic E-state index is 0.855. The number of aryl methyl sites for hydroxylation is 2. The maximum atomic E-state index is 4.32. The molecule has 0 amide bonds. The maximum absolute atomic E-state index is 4.32. The Bertz CT molecular complexity index is 462. The quantitative estimate of drug-likeness (QED) is 0.847. The van der Waals surface area contributed by atoms with E-state index in [-0.39, 0.29) is 0 Å². The summed E-state index contributed by atoms with van der Waals surface area (Å²) < 4.78 is 1.82. The molecule has 2 aromatic heterocycles. The van der Waals surface area contributed by atoms with E-state index >= 15 is 0 Å². The first-order valence-electron chi connectivity index (χ1n) is 5.39. The molecule has 0 radical (unpaired) electrons. The summed E-state index contributed by atoms with van der Waals surface area (Å²) in [4.78, 5) is 4.24. The van der Waals surface area contributed by atoms with E-state index in [4.69, 9.17) is 0 Å². The lowest BCUT2D eigenvalue weighted by molar-refractivity contribution is 0.742. The summed E-state index contributed by atoms with van der Waals surface area (Å²) in [6, 6.07) is 6.06. The number of hydrogen-bond acceptors (Lipinski definition) is 3. The first-order valence-corrected chi connectivity index (χ1v) is 5.39. The summed E-state index contributed by atoms with van der Waals surface area (Å²) in [7, 11) is 1.93. The van der Waals surface area contributed by atoms with Crippen LogP contribution >= 0.6 is 0 Å². The normalized spacial score (nSPS) is 10.4. The molecule has 84 valence electrons. The monoisotopic (exact) mass is 216 g/mol. The van der Waals surface area contributed by atoms with Gasteiger partial charge in [0, 0.05) is 32.4 Å². The Morgan fingerprint density at radius 1 is 1.38 bits per heavy atom. The highest BCUT2D eigenvalue weighted by Gasteiger charge is 1.97. The summed E-state index contributed by atoms with van der Waals surface area (Å²) >= 11 is 0. The van der Waals surface area contributed by atoms with Gasteiger partial charge in [-0.15, -0.1) is 0 Å². The Morgan fingerprint density at radius 3 is 2.94 bits per heavy atom. The van der Waals surface area contributed by atoms with Crippen LogP contribution in [0.1, 0.15) is 11.3 Å². The van der Waals surface area contributed by atoms with Crippen molar-refractivity contribution in [1.29, 1.82) is 0 Å². The van der Waals surface area contributed by atoms with E-state index in [1.54, 1.807) is 0 Å². The fourth-order valence-electron chi connectivity index (χ4n) is 1.55. The second-order valence-electron chi connectivity index (χ2n) is 3.88. The van der Waals surface area contributed by atoms with Crippen molar-refractivity contribution in [3.8, 4) is 0 Å². The number of rotatable bonds is 4. The van der Waals surface area contributed by atoms with Crippen LogP contribution in [0.25, 0.3) is 0 Å². The Hall–Kier alpha value is -1.84. The number of anilines is 1. The zero-order valence-corrected chi connectivity index (χ0v) is 9.64. The highest BCUT2D eigenvalue weighted by Crippen LogP contribution is 2.05. The molecule has 0 spiro atoms. The predicted octanol–water partition coefficient (Wildman–Crippen LogP) is 1.78. The molecule has 0 unspecified atom stereocenters. The molecule has 0 aliphatic heterocycles. The Labute approximate surface area is 95.3 Å². The van der Waals surface area contributed by atoms with E-state index < -0.39 is 0 Å². The standard InChI is InChI=1S/C12H16N4/c1-10-3-6-13-12(9-10)14-7-4-11-5-8-16(2)15-11/h3,5-6,8-9H,4,7H2,1-2H3,(H,13,14). The number of nitrogens with zero attached hydrogens (tertiary/aromatic N) is 3. The smallest absolute Gasteiger partial charge is 0.126 e. The minimum absolute atomic E-state index is 0.855. The van der Waals surface area contributed by atoms with Gasteiger partial charge in [0.25, 0.3) is 0 Å². The van der Waals surface area contributed by atoms with Crippen molar-refractivity contribution in [2.45, 2.75) is 13.3 Å². The zero-order chi connectivity index (χ0) is 11.4. The van der Waals surface area contributed by atoms with Crippen molar-refractivity contribution in [3.63, 3.8) is 0 Å². The van der Waals surface area contributed by atoms with E-state index in [1.807, 2.05) is 42.3 Å². The number of nitrogens with one attached hydrogen (secondary N) is 1. The molecule has 0 saturated heterocycles. The molecule has 16 heavy (non-hydrogen) atoms. The second-order valence-corrected chi connectivity index (χ2v) is 3.88. The van der Waals surface area contributed by atoms with Gasteiger partial charge in [0.2, 0.25) is 0 Å². The van der Waals surface area contributed by atoms with Crippen LogP contribution in [-0.4, -0.2) is 21.3 Å². The fraction of sp³-hybridized carbons (Fsp3) is 0.333. The van der Waals surface area contributed by atoms with Crippen LogP contribution in [0.3, 0.4) is 0 Å². The van der Waals surface area contributed by atoms with Gasteiger partial charge in [-0.25, -0.2) is 4.98 Å². The van der Waals surface area contributed by atoms with Gasteiger partial charge in [-0.3, -0.25) is 4.68 Å². The molecule has 4 heteroatoms. The van der Waals surface area contributed by atoms with Gasteiger partial charge in [-0.2, -0.15) is 5.10 Å². The van der Waals surface area contributed by atoms with Gasteiger partial charge in [0.1, 0.15) is 5.82 Å². The number of pyridine rings is 1. The first kappa shape index (κ1) is 10.7. The van der Waals surface area contributed by atoms with Gasteiger partial charge < -0.3 is 5.32 Å². The summed E-state index contributed by atoms with van der Waals surface area (Å²) in [5, 5.41) is 7.60. The average Bonchev–Trinajstić information content (AvgIpc) is 2.64. The highest BCUT2D eigenvalue weighted by molar-refractivity contribution is 5.36. The van der Waals surface area contributed by atoms with Crippen molar-refractivity contribution >= 4 is 5.82 Å². The van der Waals surface area contributed by atoms with Crippen LogP contribution in [0, 0.1) is 6.92 Å². The van der Waals surface area contributed by atoms with E-state index in [9.17, 15) is 0 Å². The number of aromatic nitrogens is 3. The molecule has 0 atom stereocenters. The van der Waals surface area contributed by atoms with Crippen LogP contribution in [-0.2, 0) is 13.5 Å². The number of hydrogen-bond donors (Lipinski definition) is 1. The van der Waals surface area contributed by atoms with E-state index in [1.165, 1.54) is 5.56 Å². The first-order chi connectivity index (χ1) is 7.74. The summed E-state index contributed by atoms with van der Waals surface area (Å²) in [6.07, 6.45) is 4.69. The fourth-order valence-corrected chi connectivity index (χ4v) is 1.55. The molecular formula is C12H16N4. The molecule has 0 bridgehead atoms. The van der Waals surface area contributed by atoms with Crippen molar-refractivity contribution in [1.82, 2.24) is 14.8 Å². The maximum Gasteiger partial charge on any atom is 0.126 e. The van der Waals surface area contributed by atoms with Crippen LogP contribution in [0.5, 0.6) is 0 Å². The zero-order valence-electron chi connectivity index (χ0n) is 9.64. The Balaban J connectivity index is 1.84. The molecular weight excluding hydrogens is 200 g/mol. The molecule has 0 fully saturated rings. The highest BCUT2D eigenvalue weighted by atomic mass is 15.2. The minimum Gasteiger partial charge on any atom is -0.370 e. The third-order valence-electron chi connectivity index (χ3n) is 2.37. The van der Waals surface area contributed by atoms with Crippen molar-refractivity contribution in [3.05, 3.63) is 41.9 Å². The lowest BCUT2D eigenvalue weighted by Crippen LogP contribution is -2.07. The van der Waals surface area contributed by atoms with E-state index in [0.717, 1.165) is 24.5 Å². The Kier molecular flexibility index (Phi) is 3.19. The van der Waals surface area contributed by atoms with Crippen LogP contribution < -0.4 is 5.32 Å². The van der Waals surface area contributed by atoms with Crippen LogP contribution in [0.15, 0.2) is 30.6 Å². The summed E-state index contributed by atoms with van der Waals surface area (Å²) in [5.41, 5.74) is 2.32. The van der Waals surface area contributed by atoms with Crippen molar-refractivity contribution in [2.75, 3.05) is 11.9 Å². The molecule has 2 aromatic rings. The topological polar surface area (TPSA) is 42.7 Å². The van der Waals surface area contributed by atoms with Crippen LogP contribution in [0.4, 0.5) is 5.82 Å². The average molecular weight is 216 g/mol. The molecule has 0 aliphatic carbocycles. The van der Waals surface area contributed by atoms with E-state index in [0.29, 0.717) is 0 Å².